The van der Waals surface area contributed by atoms with Gasteiger partial charge in [0.25, 0.3) is 0 Å². The third-order valence-corrected chi connectivity index (χ3v) is 4.80. The zero-order chi connectivity index (χ0) is 13.0. The van der Waals surface area contributed by atoms with Crippen LogP contribution in [0.1, 0.15) is 68.0 Å². The summed E-state index contributed by atoms with van der Waals surface area (Å²) < 4.78 is 0. The Hall–Kier alpha value is -0.490. The summed E-state index contributed by atoms with van der Waals surface area (Å²) in [6, 6.07) is 6.86. The number of benzene rings is 1. The summed E-state index contributed by atoms with van der Waals surface area (Å²) in [5.41, 5.74) is 4.29. The Labute approximate surface area is 117 Å². The Balaban J connectivity index is 2.06. The second-order valence-electron chi connectivity index (χ2n) is 5.59. The molecule has 2 rings (SSSR count). The van der Waals surface area contributed by atoms with Crippen molar-refractivity contribution in [3.05, 3.63) is 34.9 Å². The second-order valence-corrected chi connectivity index (χ2v) is 6.12. The number of hydrogen-bond acceptors (Lipinski definition) is 0. The zero-order valence-electron chi connectivity index (χ0n) is 11.7. The molecule has 100 valence electrons. The van der Waals surface area contributed by atoms with Gasteiger partial charge in [-0.3, -0.25) is 0 Å². The largest absolute Gasteiger partial charge is 0.118 e. The van der Waals surface area contributed by atoms with Crippen molar-refractivity contribution in [1.82, 2.24) is 0 Å². The fraction of sp³-hybridized carbons (Fsp3) is 0.647. The number of hydrogen-bond donors (Lipinski definition) is 0. The molecular weight excluding hydrogens is 240 g/mol. The van der Waals surface area contributed by atoms with Crippen LogP contribution in [0.4, 0.5) is 0 Å². The molecule has 1 aliphatic rings. The SMILES string of the molecule is CCc1ccc(C(Cl)CC2CCCC2)cc1CC. The molecule has 0 aromatic heterocycles. The topological polar surface area (TPSA) is 0 Å². The quantitative estimate of drug-likeness (QED) is 0.601. The van der Waals surface area contributed by atoms with E-state index in [-0.39, 0.29) is 5.38 Å². The predicted molar refractivity (Wildman–Crippen MR) is 80.4 cm³/mol. The van der Waals surface area contributed by atoms with E-state index in [0.717, 1.165) is 25.2 Å². The highest BCUT2D eigenvalue weighted by Crippen LogP contribution is 2.36. The van der Waals surface area contributed by atoms with Crippen LogP contribution in [0.25, 0.3) is 0 Å². The van der Waals surface area contributed by atoms with Crippen LogP contribution in [0.15, 0.2) is 18.2 Å². The van der Waals surface area contributed by atoms with Crippen molar-refractivity contribution in [2.75, 3.05) is 0 Å². The maximum absolute atomic E-state index is 6.61. The molecule has 0 nitrogen and oxygen atoms in total. The molecule has 0 saturated heterocycles. The first-order valence-electron chi connectivity index (χ1n) is 7.50. The lowest BCUT2D eigenvalue weighted by Gasteiger charge is -2.17. The van der Waals surface area contributed by atoms with Crippen molar-refractivity contribution < 1.29 is 0 Å². The van der Waals surface area contributed by atoms with E-state index in [4.69, 9.17) is 11.6 Å². The highest BCUT2D eigenvalue weighted by molar-refractivity contribution is 6.20. The van der Waals surface area contributed by atoms with Crippen molar-refractivity contribution in [3.63, 3.8) is 0 Å². The summed E-state index contributed by atoms with van der Waals surface area (Å²) in [7, 11) is 0. The molecule has 1 unspecified atom stereocenters. The van der Waals surface area contributed by atoms with Crippen molar-refractivity contribution in [2.24, 2.45) is 5.92 Å². The van der Waals surface area contributed by atoms with Crippen LogP contribution in [0.2, 0.25) is 0 Å². The van der Waals surface area contributed by atoms with Gasteiger partial charge >= 0.3 is 0 Å². The van der Waals surface area contributed by atoms with E-state index >= 15 is 0 Å². The normalized spacial score (nSPS) is 18.2. The third-order valence-electron chi connectivity index (χ3n) is 4.37. The standard InChI is InChI=1S/C17H25Cl/c1-3-14-9-10-16(12-15(14)4-2)17(18)11-13-7-5-6-8-13/h9-10,12-13,17H,3-8,11H2,1-2H3. The van der Waals surface area contributed by atoms with E-state index in [0.29, 0.717) is 0 Å². The van der Waals surface area contributed by atoms with E-state index in [1.165, 1.54) is 42.4 Å². The summed E-state index contributed by atoms with van der Waals surface area (Å²) in [5, 5.41) is 0.212. The van der Waals surface area contributed by atoms with Crippen LogP contribution < -0.4 is 0 Å². The number of alkyl halides is 1. The van der Waals surface area contributed by atoms with Crippen molar-refractivity contribution in [1.29, 1.82) is 0 Å². The smallest absolute Gasteiger partial charge is 0.0588 e. The molecule has 1 atom stereocenters. The van der Waals surface area contributed by atoms with E-state index in [2.05, 4.69) is 32.0 Å². The number of rotatable bonds is 5. The van der Waals surface area contributed by atoms with Gasteiger partial charge in [0.05, 0.1) is 5.38 Å². The van der Waals surface area contributed by atoms with Gasteiger partial charge in [-0.2, -0.15) is 0 Å². The lowest BCUT2D eigenvalue weighted by molar-refractivity contribution is 0.495. The van der Waals surface area contributed by atoms with Crippen LogP contribution in [-0.2, 0) is 12.8 Å². The van der Waals surface area contributed by atoms with Gasteiger partial charge in [0.15, 0.2) is 0 Å². The molecule has 1 heteroatoms. The van der Waals surface area contributed by atoms with Crippen LogP contribution in [0, 0.1) is 5.92 Å². The molecule has 1 aromatic carbocycles. The van der Waals surface area contributed by atoms with E-state index in [9.17, 15) is 0 Å². The lowest BCUT2D eigenvalue weighted by atomic mass is 9.94. The molecular formula is C17H25Cl. The summed E-state index contributed by atoms with van der Waals surface area (Å²) in [5.74, 6) is 0.864. The van der Waals surface area contributed by atoms with Gasteiger partial charge in [-0.25, -0.2) is 0 Å². The Morgan fingerprint density at radius 2 is 1.78 bits per heavy atom. The second kappa shape index (κ2) is 6.61. The summed E-state index contributed by atoms with van der Waals surface area (Å²) in [6.07, 6.45) is 8.99. The minimum Gasteiger partial charge on any atom is -0.118 e. The highest BCUT2D eigenvalue weighted by Gasteiger charge is 2.20. The summed E-state index contributed by atoms with van der Waals surface area (Å²) >= 11 is 6.61. The third kappa shape index (κ3) is 3.29. The molecule has 0 bridgehead atoms. The predicted octanol–water partition coefficient (Wildman–Crippen LogP) is 5.67. The van der Waals surface area contributed by atoms with E-state index in [1.54, 1.807) is 0 Å². The van der Waals surface area contributed by atoms with Crippen molar-refractivity contribution in [3.8, 4) is 0 Å². The molecule has 0 N–H and O–H groups in total. The van der Waals surface area contributed by atoms with Gasteiger partial charge in [0, 0.05) is 0 Å². The first-order chi connectivity index (χ1) is 8.74. The molecule has 1 fully saturated rings. The van der Waals surface area contributed by atoms with Crippen LogP contribution in [0.3, 0.4) is 0 Å². The van der Waals surface area contributed by atoms with Gasteiger partial charge in [-0.15, -0.1) is 11.6 Å². The molecule has 0 spiro atoms. The Kier molecular flexibility index (Phi) is 5.12. The van der Waals surface area contributed by atoms with Crippen LogP contribution >= 0.6 is 11.6 Å². The van der Waals surface area contributed by atoms with Crippen molar-refractivity contribution in [2.45, 2.75) is 64.2 Å². The highest BCUT2D eigenvalue weighted by atomic mass is 35.5. The van der Waals surface area contributed by atoms with Crippen LogP contribution in [0.5, 0.6) is 0 Å². The Morgan fingerprint density at radius 3 is 2.39 bits per heavy atom. The average Bonchev–Trinajstić information content (AvgIpc) is 2.90. The van der Waals surface area contributed by atoms with E-state index < -0.39 is 0 Å². The minimum absolute atomic E-state index is 0.212. The van der Waals surface area contributed by atoms with Gasteiger partial charge in [-0.05, 0) is 41.9 Å². The zero-order valence-corrected chi connectivity index (χ0v) is 12.5. The van der Waals surface area contributed by atoms with E-state index in [1.807, 2.05) is 0 Å². The monoisotopic (exact) mass is 264 g/mol. The number of aryl methyl sites for hydroxylation is 2. The molecule has 0 amide bonds. The fourth-order valence-electron chi connectivity index (χ4n) is 3.19. The maximum atomic E-state index is 6.61. The van der Waals surface area contributed by atoms with Crippen LogP contribution in [-0.4, -0.2) is 0 Å². The van der Waals surface area contributed by atoms with Gasteiger partial charge in [0.2, 0.25) is 0 Å². The Morgan fingerprint density at radius 1 is 1.11 bits per heavy atom. The first kappa shape index (κ1) is 13.9. The summed E-state index contributed by atoms with van der Waals surface area (Å²) in [6.45, 7) is 4.46. The molecule has 0 radical (unpaired) electrons. The lowest BCUT2D eigenvalue weighted by Crippen LogP contribution is -2.01. The maximum Gasteiger partial charge on any atom is 0.0588 e. The fourth-order valence-corrected chi connectivity index (χ4v) is 3.58. The molecule has 0 heterocycles. The van der Waals surface area contributed by atoms with Gasteiger partial charge < -0.3 is 0 Å². The number of halogens is 1. The first-order valence-corrected chi connectivity index (χ1v) is 7.94. The van der Waals surface area contributed by atoms with Crippen molar-refractivity contribution >= 4 is 11.6 Å². The van der Waals surface area contributed by atoms with Gasteiger partial charge in [0.1, 0.15) is 0 Å². The molecule has 1 aliphatic carbocycles. The molecule has 1 aromatic rings. The summed E-state index contributed by atoms with van der Waals surface area (Å²) in [4.78, 5) is 0. The molecule has 18 heavy (non-hydrogen) atoms. The Bertz CT molecular complexity index is 377. The average molecular weight is 265 g/mol. The molecule has 1 saturated carbocycles. The molecule has 0 aliphatic heterocycles. The minimum atomic E-state index is 0.212. The van der Waals surface area contributed by atoms with Gasteiger partial charge in [-0.1, -0.05) is 57.7 Å².